The van der Waals surface area contributed by atoms with Gasteiger partial charge in [-0.1, -0.05) is 12.1 Å². The number of nitrogens with zero attached hydrogens (tertiary/aromatic N) is 2. The van der Waals surface area contributed by atoms with E-state index >= 15 is 0 Å². The number of guanidine groups is 1. The number of hydrogen-bond acceptors (Lipinski definition) is 3. The lowest BCUT2D eigenvalue weighted by Crippen LogP contribution is -2.38. The number of benzene rings is 1. The molecule has 0 saturated carbocycles. The van der Waals surface area contributed by atoms with Crippen LogP contribution >= 0.6 is 24.0 Å². The molecular formula is C21H37IN4O. The van der Waals surface area contributed by atoms with Gasteiger partial charge in [0.2, 0.25) is 0 Å². The van der Waals surface area contributed by atoms with Crippen molar-refractivity contribution in [1.29, 1.82) is 0 Å². The largest absolute Gasteiger partial charge is 0.382 e. The quantitative estimate of drug-likeness (QED) is 0.223. The zero-order valence-corrected chi connectivity index (χ0v) is 19.5. The molecule has 0 aromatic heterocycles. The summed E-state index contributed by atoms with van der Waals surface area (Å²) >= 11 is 0. The number of hydrogen-bond donors (Lipinski definition) is 2. The van der Waals surface area contributed by atoms with E-state index in [2.05, 4.69) is 53.6 Å². The van der Waals surface area contributed by atoms with Crippen LogP contribution in [0.4, 0.5) is 5.69 Å². The molecule has 1 aromatic carbocycles. The topological polar surface area (TPSA) is 48.9 Å². The average molecular weight is 488 g/mol. The third-order valence-corrected chi connectivity index (χ3v) is 4.71. The third kappa shape index (κ3) is 8.68. The van der Waals surface area contributed by atoms with Crippen LogP contribution in [0.2, 0.25) is 0 Å². The Bertz CT molecular complexity index is 547. The van der Waals surface area contributed by atoms with Crippen LogP contribution in [0.5, 0.6) is 0 Å². The van der Waals surface area contributed by atoms with E-state index in [1.807, 2.05) is 6.92 Å². The summed E-state index contributed by atoms with van der Waals surface area (Å²) in [4.78, 5) is 7.18. The SMILES string of the molecule is CCNC(=NCCCCOCC)NC(C)c1cccc(N2CCCC2)c1.I. The molecule has 6 heteroatoms. The maximum atomic E-state index is 5.38. The molecule has 1 saturated heterocycles. The number of aliphatic imine (C=N–C) groups is 1. The molecule has 1 aliphatic heterocycles. The highest BCUT2D eigenvalue weighted by Gasteiger charge is 2.14. The smallest absolute Gasteiger partial charge is 0.191 e. The zero-order valence-electron chi connectivity index (χ0n) is 17.2. The van der Waals surface area contributed by atoms with E-state index in [0.29, 0.717) is 0 Å². The zero-order chi connectivity index (χ0) is 18.6. The molecule has 2 N–H and O–H groups in total. The molecule has 0 bridgehead atoms. The number of rotatable bonds is 10. The molecule has 1 aliphatic rings. The Morgan fingerprint density at radius 1 is 1.22 bits per heavy atom. The summed E-state index contributed by atoms with van der Waals surface area (Å²) in [6.07, 6.45) is 4.72. The van der Waals surface area contributed by atoms with E-state index in [4.69, 9.17) is 9.73 Å². The standard InChI is InChI=1S/C21H36N4O.HI/c1-4-22-21(23-13-6-9-16-26-5-2)24-18(3)19-11-10-12-20(17-19)25-14-7-8-15-25;/h10-12,17-18H,4-9,13-16H2,1-3H3,(H2,22,23,24);1H. The minimum absolute atomic E-state index is 0. The fraction of sp³-hybridized carbons (Fsp3) is 0.667. The molecule has 0 amide bonds. The summed E-state index contributed by atoms with van der Waals surface area (Å²) in [7, 11) is 0. The Morgan fingerprint density at radius 3 is 2.70 bits per heavy atom. The molecule has 1 fully saturated rings. The molecule has 1 atom stereocenters. The number of halogens is 1. The second kappa shape index (κ2) is 14.0. The molecule has 2 rings (SSSR count). The molecule has 1 unspecified atom stereocenters. The first kappa shape index (κ1) is 24.0. The fourth-order valence-electron chi connectivity index (χ4n) is 3.23. The van der Waals surface area contributed by atoms with Gasteiger partial charge in [-0.15, -0.1) is 24.0 Å². The van der Waals surface area contributed by atoms with Crippen LogP contribution < -0.4 is 15.5 Å². The van der Waals surface area contributed by atoms with Crippen molar-refractivity contribution in [2.45, 2.75) is 52.5 Å². The number of nitrogens with one attached hydrogen (secondary N) is 2. The Morgan fingerprint density at radius 2 is 2.00 bits per heavy atom. The van der Waals surface area contributed by atoms with E-state index in [-0.39, 0.29) is 30.0 Å². The van der Waals surface area contributed by atoms with Gasteiger partial charge in [0, 0.05) is 45.1 Å². The lowest BCUT2D eigenvalue weighted by Gasteiger charge is -2.22. The predicted octanol–water partition coefficient (Wildman–Crippen LogP) is 4.34. The lowest BCUT2D eigenvalue weighted by atomic mass is 10.1. The number of anilines is 1. The number of ether oxygens (including phenoxy) is 1. The van der Waals surface area contributed by atoms with E-state index in [1.165, 1.54) is 37.2 Å². The first-order valence-corrected chi connectivity index (χ1v) is 10.2. The molecule has 1 heterocycles. The minimum Gasteiger partial charge on any atom is -0.382 e. The van der Waals surface area contributed by atoms with Gasteiger partial charge in [-0.3, -0.25) is 4.99 Å². The predicted molar refractivity (Wildman–Crippen MR) is 127 cm³/mol. The van der Waals surface area contributed by atoms with Crippen molar-refractivity contribution >= 4 is 35.6 Å². The Hall–Kier alpha value is -1.02. The van der Waals surface area contributed by atoms with Gasteiger partial charge in [0.15, 0.2) is 5.96 Å². The second-order valence-electron chi connectivity index (χ2n) is 6.82. The van der Waals surface area contributed by atoms with Crippen molar-refractivity contribution in [3.05, 3.63) is 29.8 Å². The highest BCUT2D eigenvalue weighted by atomic mass is 127. The summed E-state index contributed by atoms with van der Waals surface area (Å²) in [5.74, 6) is 0.892. The molecule has 1 aromatic rings. The first-order valence-electron chi connectivity index (χ1n) is 10.2. The average Bonchev–Trinajstić information content (AvgIpc) is 3.19. The van der Waals surface area contributed by atoms with Gasteiger partial charge in [0.25, 0.3) is 0 Å². The molecular weight excluding hydrogens is 451 g/mol. The monoisotopic (exact) mass is 488 g/mol. The lowest BCUT2D eigenvalue weighted by molar-refractivity contribution is 0.144. The maximum Gasteiger partial charge on any atom is 0.191 e. The summed E-state index contributed by atoms with van der Waals surface area (Å²) in [5, 5.41) is 6.90. The van der Waals surface area contributed by atoms with Gasteiger partial charge in [-0.2, -0.15) is 0 Å². The molecule has 0 aliphatic carbocycles. The molecule has 27 heavy (non-hydrogen) atoms. The van der Waals surface area contributed by atoms with Crippen LogP contribution in [0.25, 0.3) is 0 Å². The van der Waals surface area contributed by atoms with Crippen LogP contribution in [0, 0.1) is 0 Å². The molecule has 0 spiro atoms. The van der Waals surface area contributed by atoms with E-state index in [0.717, 1.165) is 45.1 Å². The van der Waals surface area contributed by atoms with Crippen LogP contribution in [-0.2, 0) is 4.74 Å². The van der Waals surface area contributed by atoms with Crippen molar-refractivity contribution in [1.82, 2.24) is 10.6 Å². The maximum absolute atomic E-state index is 5.38. The molecule has 154 valence electrons. The Balaban J connectivity index is 0.00000364. The Kier molecular flexibility index (Phi) is 12.5. The van der Waals surface area contributed by atoms with Crippen molar-refractivity contribution < 1.29 is 4.74 Å². The van der Waals surface area contributed by atoms with Gasteiger partial charge in [0.05, 0.1) is 6.04 Å². The van der Waals surface area contributed by atoms with Crippen LogP contribution in [0.1, 0.15) is 58.1 Å². The van der Waals surface area contributed by atoms with Crippen molar-refractivity contribution in [3.8, 4) is 0 Å². The van der Waals surface area contributed by atoms with E-state index < -0.39 is 0 Å². The summed E-state index contributed by atoms with van der Waals surface area (Å²) in [6.45, 7) is 12.0. The highest BCUT2D eigenvalue weighted by Crippen LogP contribution is 2.23. The normalized spacial score (nSPS) is 15.4. The van der Waals surface area contributed by atoms with Gasteiger partial charge in [-0.25, -0.2) is 0 Å². The summed E-state index contributed by atoms with van der Waals surface area (Å²) in [6, 6.07) is 9.12. The van der Waals surface area contributed by atoms with Crippen LogP contribution in [0.15, 0.2) is 29.3 Å². The van der Waals surface area contributed by atoms with E-state index in [1.54, 1.807) is 0 Å². The summed E-state index contributed by atoms with van der Waals surface area (Å²) < 4.78 is 5.38. The van der Waals surface area contributed by atoms with Gasteiger partial charge in [-0.05, 0) is 64.2 Å². The van der Waals surface area contributed by atoms with Crippen molar-refractivity contribution in [2.75, 3.05) is 44.3 Å². The molecule has 5 nitrogen and oxygen atoms in total. The van der Waals surface area contributed by atoms with Gasteiger partial charge in [0.1, 0.15) is 0 Å². The van der Waals surface area contributed by atoms with Gasteiger partial charge < -0.3 is 20.3 Å². The van der Waals surface area contributed by atoms with Gasteiger partial charge >= 0.3 is 0 Å². The third-order valence-electron chi connectivity index (χ3n) is 4.71. The fourth-order valence-corrected chi connectivity index (χ4v) is 3.23. The van der Waals surface area contributed by atoms with Crippen molar-refractivity contribution in [3.63, 3.8) is 0 Å². The van der Waals surface area contributed by atoms with E-state index in [9.17, 15) is 0 Å². The highest BCUT2D eigenvalue weighted by molar-refractivity contribution is 14.0. The first-order chi connectivity index (χ1) is 12.7. The minimum atomic E-state index is 0. The van der Waals surface area contributed by atoms with Crippen LogP contribution in [0.3, 0.4) is 0 Å². The Labute approximate surface area is 182 Å². The summed E-state index contributed by atoms with van der Waals surface area (Å²) in [5.41, 5.74) is 2.64. The molecule has 0 radical (unpaired) electrons. The number of unbranched alkanes of at least 4 members (excludes halogenated alkanes) is 1. The second-order valence-corrected chi connectivity index (χ2v) is 6.82. The van der Waals surface area contributed by atoms with Crippen molar-refractivity contribution in [2.24, 2.45) is 4.99 Å². The van der Waals surface area contributed by atoms with Crippen LogP contribution in [-0.4, -0.2) is 45.4 Å².